The van der Waals surface area contributed by atoms with Gasteiger partial charge in [0.1, 0.15) is 17.6 Å². The number of aryl methyl sites for hydroxylation is 2. The summed E-state index contributed by atoms with van der Waals surface area (Å²) in [5.41, 5.74) is 2.68. The van der Waals surface area contributed by atoms with Crippen molar-refractivity contribution in [2.45, 2.75) is 26.8 Å². The van der Waals surface area contributed by atoms with E-state index in [-0.39, 0.29) is 18.4 Å². The van der Waals surface area contributed by atoms with Gasteiger partial charge in [-0.1, -0.05) is 0 Å². The summed E-state index contributed by atoms with van der Waals surface area (Å²) in [5, 5.41) is 3.68. The number of nitrogens with zero attached hydrogens (tertiary/aromatic N) is 2. The van der Waals surface area contributed by atoms with Crippen LogP contribution < -0.4 is 15.0 Å². The van der Waals surface area contributed by atoms with Crippen molar-refractivity contribution in [1.82, 2.24) is 4.98 Å². The number of hydrogen-bond donors (Lipinski definition) is 1. The lowest BCUT2D eigenvalue weighted by molar-refractivity contribution is -0.125. The summed E-state index contributed by atoms with van der Waals surface area (Å²) < 4.78 is 18.7. The van der Waals surface area contributed by atoms with E-state index in [1.54, 1.807) is 24.3 Å². The first-order valence-corrected chi connectivity index (χ1v) is 10.2. The Hall–Kier alpha value is -3.26. The molecule has 0 bridgehead atoms. The molecule has 1 atom stereocenters. The van der Waals surface area contributed by atoms with Gasteiger partial charge in [0.25, 0.3) is 5.91 Å². The highest BCUT2D eigenvalue weighted by Gasteiger charge is 2.33. The quantitative estimate of drug-likeness (QED) is 0.676. The molecule has 6 nitrogen and oxygen atoms in total. The van der Waals surface area contributed by atoms with Crippen molar-refractivity contribution in [2.75, 3.05) is 16.8 Å². The van der Waals surface area contributed by atoms with E-state index in [9.17, 15) is 14.0 Å². The van der Waals surface area contributed by atoms with Crippen LogP contribution in [0.4, 0.5) is 15.8 Å². The number of thiazole rings is 1. The number of carbonyl (C=O) groups is 2. The Bertz CT molecular complexity index is 1130. The molecule has 30 heavy (non-hydrogen) atoms. The molecule has 1 aliphatic heterocycles. The van der Waals surface area contributed by atoms with Crippen LogP contribution in [-0.4, -0.2) is 29.4 Å². The lowest BCUT2D eigenvalue weighted by Crippen LogP contribution is -2.49. The van der Waals surface area contributed by atoms with Crippen LogP contribution in [0.2, 0.25) is 0 Å². The first kappa shape index (κ1) is 20.0. The van der Waals surface area contributed by atoms with E-state index < -0.39 is 11.9 Å². The molecule has 0 aliphatic carbocycles. The van der Waals surface area contributed by atoms with Crippen molar-refractivity contribution in [2.24, 2.45) is 0 Å². The zero-order chi connectivity index (χ0) is 21.4. The van der Waals surface area contributed by atoms with Gasteiger partial charge >= 0.3 is 0 Å². The molecule has 0 saturated carbocycles. The number of fused-ring (bicyclic) bond motifs is 1. The number of amides is 2. The van der Waals surface area contributed by atoms with Gasteiger partial charge in [0.15, 0.2) is 6.61 Å². The average Bonchev–Trinajstić information content (AvgIpc) is 3.06. The van der Waals surface area contributed by atoms with Crippen molar-refractivity contribution in [1.29, 1.82) is 0 Å². The van der Waals surface area contributed by atoms with Gasteiger partial charge in [-0.25, -0.2) is 9.37 Å². The number of carbonyl (C=O) groups excluding carboxylic acids is 2. The number of nitrogens with one attached hydrogen (secondary N) is 1. The maximum atomic E-state index is 13.1. The Morgan fingerprint density at radius 3 is 2.63 bits per heavy atom. The maximum absolute atomic E-state index is 13.1. The van der Waals surface area contributed by atoms with Crippen LogP contribution >= 0.6 is 11.3 Å². The number of aromatic nitrogens is 1. The fourth-order valence-electron chi connectivity index (χ4n) is 3.44. The second-order valence-electron chi connectivity index (χ2n) is 7.04. The predicted molar refractivity (Wildman–Crippen MR) is 114 cm³/mol. The molecule has 8 heteroatoms. The van der Waals surface area contributed by atoms with Crippen LogP contribution in [0.5, 0.6) is 5.75 Å². The lowest BCUT2D eigenvalue weighted by atomic mass is 10.1. The molecule has 154 valence electrons. The summed E-state index contributed by atoms with van der Waals surface area (Å²) in [5.74, 6) is -0.552. The monoisotopic (exact) mass is 425 g/mol. The molecule has 0 saturated heterocycles. The van der Waals surface area contributed by atoms with Crippen molar-refractivity contribution >= 4 is 34.5 Å². The largest absolute Gasteiger partial charge is 0.482 e. The Kier molecular flexibility index (Phi) is 5.26. The van der Waals surface area contributed by atoms with Crippen molar-refractivity contribution in [3.63, 3.8) is 0 Å². The Morgan fingerprint density at radius 1 is 1.23 bits per heavy atom. The van der Waals surface area contributed by atoms with Crippen LogP contribution in [0.25, 0.3) is 11.3 Å². The molecule has 1 aromatic heterocycles. The maximum Gasteiger partial charge on any atom is 0.265 e. The van der Waals surface area contributed by atoms with Gasteiger partial charge in [-0.05, 0) is 63.2 Å². The number of rotatable bonds is 4. The highest BCUT2D eigenvalue weighted by molar-refractivity contribution is 7.11. The Balaban J connectivity index is 1.66. The highest BCUT2D eigenvalue weighted by Crippen LogP contribution is 2.38. The molecule has 0 radical (unpaired) electrons. The number of halogens is 1. The van der Waals surface area contributed by atoms with E-state index in [1.165, 1.54) is 29.2 Å². The molecular formula is C22H20FN3O3S. The Labute approximate surface area is 177 Å². The van der Waals surface area contributed by atoms with Crippen LogP contribution in [-0.2, 0) is 9.59 Å². The smallest absolute Gasteiger partial charge is 0.265 e. The zero-order valence-corrected chi connectivity index (χ0v) is 17.5. The molecule has 1 N–H and O–H groups in total. The highest BCUT2D eigenvalue weighted by atomic mass is 32.1. The van der Waals surface area contributed by atoms with E-state index in [0.29, 0.717) is 17.1 Å². The molecule has 2 heterocycles. The molecule has 2 amide bonds. The van der Waals surface area contributed by atoms with Crippen LogP contribution in [0.3, 0.4) is 0 Å². The van der Waals surface area contributed by atoms with E-state index >= 15 is 0 Å². The van der Waals surface area contributed by atoms with Gasteiger partial charge in [0.05, 0.1) is 16.4 Å². The fourth-order valence-corrected chi connectivity index (χ4v) is 4.28. The van der Waals surface area contributed by atoms with Crippen LogP contribution in [0.15, 0.2) is 42.5 Å². The van der Waals surface area contributed by atoms with Gasteiger partial charge in [0, 0.05) is 16.1 Å². The number of benzene rings is 2. The standard InChI is InChI=1S/C22H20FN3O3S/c1-12(22(28)25-17-7-5-16(23)6-8-17)26-18-10-15(21-13(2)30-14(3)24-21)4-9-19(18)29-11-20(26)27/h4-10,12H,11H2,1-3H3,(H,25,28). The van der Waals surface area contributed by atoms with Gasteiger partial charge < -0.3 is 10.1 Å². The molecule has 3 aromatic rings. The minimum atomic E-state index is -0.793. The topological polar surface area (TPSA) is 71.5 Å². The molecule has 1 aliphatic rings. The average molecular weight is 425 g/mol. The minimum Gasteiger partial charge on any atom is -0.482 e. The third-order valence-electron chi connectivity index (χ3n) is 4.89. The minimum absolute atomic E-state index is 0.144. The molecule has 0 spiro atoms. The molecule has 4 rings (SSSR count). The third-order valence-corrected chi connectivity index (χ3v) is 5.78. The Morgan fingerprint density at radius 2 is 1.97 bits per heavy atom. The van der Waals surface area contributed by atoms with E-state index in [0.717, 1.165) is 21.1 Å². The second-order valence-corrected chi connectivity index (χ2v) is 8.45. The van der Waals surface area contributed by atoms with E-state index in [1.807, 2.05) is 26.0 Å². The third kappa shape index (κ3) is 3.78. The summed E-state index contributed by atoms with van der Waals surface area (Å²) in [6, 6.07) is 10.2. The summed E-state index contributed by atoms with van der Waals surface area (Å²) in [7, 11) is 0. The lowest BCUT2D eigenvalue weighted by Gasteiger charge is -2.33. The fraction of sp³-hybridized carbons (Fsp3) is 0.227. The van der Waals surface area contributed by atoms with Crippen LogP contribution in [0, 0.1) is 19.7 Å². The first-order chi connectivity index (χ1) is 14.3. The normalized spacial score (nSPS) is 14.1. The van der Waals surface area contributed by atoms with Gasteiger partial charge in [0.2, 0.25) is 5.91 Å². The summed E-state index contributed by atoms with van der Waals surface area (Å²) >= 11 is 1.60. The van der Waals surface area contributed by atoms with Gasteiger partial charge in [-0.15, -0.1) is 11.3 Å². The first-order valence-electron chi connectivity index (χ1n) is 9.43. The van der Waals surface area contributed by atoms with E-state index in [2.05, 4.69) is 10.3 Å². The second kappa shape index (κ2) is 7.87. The summed E-state index contributed by atoms with van der Waals surface area (Å²) in [4.78, 5) is 32.6. The summed E-state index contributed by atoms with van der Waals surface area (Å²) in [6.45, 7) is 5.45. The number of anilines is 2. The molecule has 1 unspecified atom stereocenters. The molecule has 2 aromatic carbocycles. The van der Waals surface area contributed by atoms with Gasteiger partial charge in [-0.3, -0.25) is 14.5 Å². The van der Waals surface area contributed by atoms with Gasteiger partial charge in [-0.2, -0.15) is 0 Å². The van der Waals surface area contributed by atoms with Crippen molar-refractivity contribution in [3.8, 4) is 17.0 Å². The van der Waals surface area contributed by atoms with E-state index in [4.69, 9.17) is 4.74 Å². The number of hydrogen-bond acceptors (Lipinski definition) is 5. The number of ether oxygens (including phenoxy) is 1. The van der Waals surface area contributed by atoms with Crippen molar-refractivity contribution < 1.29 is 18.7 Å². The van der Waals surface area contributed by atoms with Crippen molar-refractivity contribution in [3.05, 3.63) is 58.2 Å². The summed E-state index contributed by atoms with van der Waals surface area (Å²) in [6.07, 6.45) is 0. The van der Waals surface area contributed by atoms with Crippen LogP contribution in [0.1, 0.15) is 16.8 Å². The molecular weight excluding hydrogens is 405 g/mol. The molecule has 0 fully saturated rings. The predicted octanol–water partition coefficient (Wildman–Crippen LogP) is 4.32. The SMILES string of the molecule is Cc1nc(-c2ccc3c(c2)N(C(C)C(=O)Nc2ccc(F)cc2)C(=O)CO3)c(C)s1. The zero-order valence-electron chi connectivity index (χ0n) is 16.7.